The molecule has 0 radical (unpaired) electrons. The van der Waals surface area contributed by atoms with Gasteiger partial charge in [0.1, 0.15) is 11.5 Å². The Bertz CT molecular complexity index is 823. The van der Waals surface area contributed by atoms with Gasteiger partial charge in [-0.3, -0.25) is 4.90 Å². The zero-order valence-electron chi connectivity index (χ0n) is 15.4. The Hall–Kier alpha value is -2.22. The highest BCUT2D eigenvalue weighted by atomic mass is 16.5. The van der Waals surface area contributed by atoms with Crippen molar-refractivity contribution in [1.82, 2.24) is 29.2 Å². The molecule has 0 aliphatic carbocycles. The predicted octanol–water partition coefficient (Wildman–Crippen LogP) is 1.62. The number of nitrogens with one attached hydrogen (secondary N) is 1. The van der Waals surface area contributed by atoms with Gasteiger partial charge in [0.25, 0.3) is 0 Å². The van der Waals surface area contributed by atoms with Crippen LogP contribution in [0, 0.1) is 0 Å². The first-order valence-corrected chi connectivity index (χ1v) is 9.22. The average molecular weight is 354 g/mol. The third-order valence-corrected chi connectivity index (χ3v) is 5.05. The first-order chi connectivity index (χ1) is 12.8. The van der Waals surface area contributed by atoms with Crippen LogP contribution in [-0.2, 0) is 18.3 Å². The molecule has 0 unspecified atom stereocenters. The van der Waals surface area contributed by atoms with Crippen molar-refractivity contribution in [2.24, 2.45) is 7.05 Å². The fraction of sp³-hybridized carbons (Fsp3) is 0.474. The number of hydrogen-bond donors (Lipinski definition) is 1. The van der Waals surface area contributed by atoms with Crippen LogP contribution in [0.5, 0.6) is 0 Å². The Balaban J connectivity index is 1.44. The molecular formula is C19H26N6O. The molecule has 0 bridgehead atoms. The first-order valence-electron chi connectivity index (χ1n) is 9.22. The molecule has 7 nitrogen and oxygen atoms in total. The summed E-state index contributed by atoms with van der Waals surface area (Å²) in [5.74, 6) is 1.06. The summed E-state index contributed by atoms with van der Waals surface area (Å²) in [6.45, 7) is 6.38. The summed E-state index contributed by atoms with van der Waals surface area (Å²) < 4.78 is 10.3. The van der Waals surface area contributed by atoms with Gasteiger partial charge in [-0.15, -0.1) is 0 Å². The topological polar surface area (TPSA) is 59.6 Å². The lowest BCUT2D eigenvalue weighted by molar-refractivity contribution is -0.0730. The molecular weight excluding hydrogens is 328 g/mol. The molecule has 1 saturated heterocycles. The Morgan fingerprint density at radius 1 is 1.31 bits per heavy atom. The van der Waals surface area contributed by atoms with E-state index >= 15 is 0 Å². The second-order valence-corrected chi connectivity index (χ2v) is 6.71. The van der Waals surface area contributed by atoms with E-state index in [1.165, 1.54) is 0 Å². The summed E-state index contributed by atoms with van der Waals surface area (Å²) in [5.41, 5.74) is 2.01. The number of likely N-dealkylation sites (N-methyl/N-ethyl adjacent to an activating group) is 1. The number of aryl methyl sites for hydroxylation is 1. The van der Waals surface area contributed by atoms with Crippen LogP contribution in [0.2, 0.25) is 0 Å². The first kappa shape index (κ1) is 17.2. The summed E-state index contributed by atoms with van der Waals surface area (Å²) in [7, 11) is 2.05. The summed E-state index contributed by atoms with van der Waals surface area (Å²) in [6, 6.07) is 6.21. The highest BCUT2D eigenvalue weighted by Crippen LogP contribution is 2.27. The molecule has 1 fully saturated rings. The smallest absolute Gasteiger partial charge is 0.137 e. The highest BCUT2D eigenvalue weighted by molar-refractivity contribution is 5.39. The van der Waals surface area contributed by atoms with Crippen molar-refractivity contribution >= 4 is 5.65 Å². The molecule has 138 valence electrons. The second-order valence-electron chi connectivity index (χ2n) is 6.71. The van der Waals surface area contributed by atoms with Gasteiger partial charge in [-0.1, -0.05) is 13.0 Å². The Morgan fingerprint density at radius 3 is 3.00 bits per heavy atom. The third kappa shape index (κ3) is 3.38. The fourth-order valence-corrected chi connectivity index (χ4v) is 3.72. The van der Waals surface area contributed by atoms with Crippen LogP contribution in [0.4, 0.5) is 0 Å². The Labute approximate surface area is 153 Å². The van der Waals surface area contributed by atoms with E-state index in [0.29, 0.717) is 0 Å². The number of rotatable bonds is 6. The molecule has 1 N–H and O–H groups in total. The van der Waals surface area contributed by atoms with Crippen molar-refractivity contribution < 1.29 is 4.74 Å². The molecule has 3 aromatic heterocycles. The summed E-state index contributed by atoms with van der Waals surface area (Å²) in [6.07, 6.45) is 8.02. The van der Waals surface area contributed by atoms with E-state index in [1.54, 1.807) is 0 Å². The number of morpholine rings is 1. The van der Waals surface area contributed by atoms with E-state index in [1.807, 2.05) is 48.2 Å². The quantitative estimate of drug-likeness (QED) is 0.729. The molecule has 4 rings (SSSR count). The molecule has 1 aliphatic rings. The minimum atomic E-state index is 0.0711. The number of hydrogen-bond acceptors (Lipinski definition) is 5. The van der Waals surface area contributed by atoms with Crippen LogP contribution in [-0.4, -0.2) is 56.2 Å². The normalized spacial score (nSPS) is 21.5. The zero-order chi connectivity index (χ0) is 17.9. The fourth-order valence-electron chi connectivity index (χ4n) is 3.72. The van der Waals surface area contributed by atoms with Gasteiger partial charge in [0.05, 0.1) is 24.4 Å². The number of aromatic nitrogens is 4. The zero-order valence-corrected chi connectivity index (χ0v) is 15.4. The monoisotopic (exact) mass is 354 g/mol. The molecule has 3 aromatic rings. The van der Waals surface area contributed by atoms with Crippen molar-refractivity contribution in [2.75, 3.05) is 26.2 Å². The summed E-state index contributed by atoms with van der Waals surface area (Å²) >= 11 is 0. The van der Waals surface area contributed by atoms with E-state index in [-0.39, 0.29) is 12.1 Å². The van der Waals surface area contributed by atoms with Gasteiger partial charge >= 0.3 is 0 Å². The summed E-state index contributed by atoms with van der Waals surface area (Å²) in [4.78, 5) is 11.7. The lowest BCUT2D eigenvalue weighted by Gasteiger charge is -2.40. The molecule has 0 spiro atoms. The maximum atomic E-state index is 6.12. The van der Waals surface area contributed by atoms with Crippen LogP contribution < -0.4 is 5.32 Å². The number of pyridine rings is 1. The van der Waals surface area contributed by atoms with Crippen LogP contribution in [0.1, 0.15) is 24.5 Å². The molecule has 2 atom stereocenters. The van der Waals surface area contributed by atoms with E-state index < -0.39 is 0 Å². The number of ether oxygens (including phenoxy) is 1. The van der Waals surface area contributed by atoms with E-state index in [4.69, 9.17) is 4.74 Å². The molecule has 0 aromatic carbocycles. The Kier molecular flexibility index (Phi) is 5.01. The van der Waals surface area contributed by atoms with Gasteiger partial charge in [-0.25, -0.2) is 9.97 Å². The Morgan fingerprint density at radius 2 is 2.23 bits per heavy atom. The highest BCUT2D eigenvalue weighted by Gasteiger charge is 2.35. The van der Waals surface area contributed by atoms with Gasteiger partial charge < -0.3 is 19.0 Å². The maximum absolute atomic E-state index is 6.12. The summed E-state index contributed by atoms with van der Waals surface area (Å²) in [5, 5.41) is 3.52. The van der Waals surface area contributed by atoms with Gasteiger partial charge in [0, 0.05) is 51.5 Å². The molecule has 1 aliphatic heterocycles. The van der Waals surface area contributed by atoms with Gasteiger partial charge in [0.15, 0.2) is 0 Å². The van der Waals surface area contributed by atoms with Gasteiger partial charge in [-0.2, -0.15) is 0 Å². The lowest BCUT2D eigenvalue weighted by Crippen LogP contribution is -2.49. The van der Waals surface area contributed by atoms with E-state index in [9.17, 15) is 0 Å². The number of fused-ring (bicyclic) bond motifs is 1. The van der Waals surface area contributed by atoms with Crippen LogP contribution >= 0.6 is 0 Å². The van der Waals surface area contributed by atoms with E-state index in [0.717, 1.165) is 50.0 Å². The SMILES string of the molecule is CCN1CCO[C@@H](CNCc2cn3ccccc3n2)[C@@H]1c1nccn1C. The van der Waals surface area contributed by atoms with Crippen molar-refractivity contribution in [3.05, 3.63) is 54.5 Å². The van der Waals surface area contributed by atoms with Crippen molar-refractivity contribution in [2.45, 2.75) is 25.6 Å². The van der Waals surface area contributed by atoms with Gasteiger partial charge in [-0.05, 0) is 18.7 Å². The van der Waals surface area contributed by atoms with Crippen molar-refractivity contribution in [3.63, 3.8) is 0 Å². The number of nitrogens with zero attached hydrogens (tertiary/aromatic N) is 5. The second kappa shape index (κ2) is 7.57. The van der Waals surface area contributed by atoms with E-state index in [2.05, 4.69) is 37.9 Å². The van der Waals surface area contributed by atoms with Crippen LogP contribution in [0.3, 0.4) is 0 Å². The van der Waals surface area contributed by atoms with Crippen molar-refractivity contribution in [3.8, 4) is 0 Å². The minimum absolute atomic E-state index is 0.0711. The molecule has 0 amide bonds. The van der Waals surface area contributed by atoms with Gasteiger partial charge in [0.2, 0.25) is 0 Å². The predicted molar refractivity (Wildman–Crippen MR) is 99.8 cm³/mol. The maximum Gasteiger partial charge on any atom is 0.137 e. The largest absolute Gasteiger partial charge is 0.373 e. The minimum Gasteiger partial charge on any atom is -0.373 e. The third-order valence-electron chi connectivity index (χ3n) is 5.05. The van der Waals surface area contributed by atoms with Crippen LogP contribution in [0.15, 0.2) is 43.0 Å². The van der Waals surface area contributed by atoms with Crippen molar-refractivity contribution in [1.29, 1.82) is 0 Å². The average Bonchev–Trinajstić information content (AvgIpc) is 3.27. The standard InChI is InChI=1S/C19H26N6O/c1-3-24-10-11-26-16(18(24)19-21-7-9-23(19)2)13-20-12-15-14-25-8-5-4-6-17(25)22-15/h4-9,14,16,18,20H,3,10-13H2,1-2H3/t16-,18+/m0/s1. The molecule has 4 heterocycles. The van der Waals surface area contributed by atoms with Crippen LogP contribution in [0.25, 0.3) is 5.65 Å². The molecule has 26 heavy (non-hydrogen) atoms. The molecule has 0 saturated carbocycles. The number of imidazole rings is 2. The lowest BCUT2D eigenvalue weighted by atomic mass is 10.1. The molecule has 7 heteroatoms.